The minimum absolute atomic E-state index is 0.272. The maximum atomic E-state index is 9.94. The Kier molecular flexibility index (Phi) is 3.56. The molecular weight excluding hydrogens is 316 g/mol. The smallest absolute Gasteiger partial charge is 0.134 e. The van der Waals surface area contributed by atoms with Crippen molar-refractivity contribution in [2.75, 3.05) is 5.32 Å². The minimum atomic E-state index is 0.272. The molecule has 3 rings (SSSR count). The standard InChI is InChI=1S/C16H13BrN2O/c17-14-6-3-5-12(16(14)20)9-18-13-8-11-4-1-2-7-15(11)19-10-13/h1-8,10,18,20H,9H2. The first-order valence-corrected chi connectivity index (χ1v) is 7.08. The first-order chi connectivity index (χ1) is 9.74. The van der Waals surface area contributed by atoms with E-state index in [4.69, 9.17) is 0 Å². The Morgan fingerprint density at radius 2 is 1.95 bits per heavy atom. The van der Waals surface area contributed by atoms with Gasteiger partial charge in [-0.1, -0.05) is 30.3 Å². The van der Waals surface area contributed by atoms with Gasteiger partial charge in [0, 0.05) is 17.5 Å². The van der Waals surface area contributed by atoms with Gasteiger partial charge in [0.1, 0.15) is 5.75 Å². The third-order valence-corrected chi connectivity index (χ3v) is 3.78. The van der Waals surface area contributed by atoms with Gasteiger partial charge in [0.2, 0.25) is 0 Å². The number of pyridine rings is 1. The zero-order valence-electron chi connectivity index (χ0n) is 10.7. The molecule has 1 heterocycles. The van der Waals surface area contributed by atoms with E-state index in [0.717, 1.165) is 22.2 Å². The molecule has 20 heavy (non-hydrogen) atoms. The predicted molar refractivity (Wildman–Crippen MR) is 84.9 cm³/mol. The van der Waals surface area contributed by atoms with E-state index in [1.807, 2.05) is 42.5 Å². The van der Waals surface area contributed by atoms with Gasteiger partial charge in [-0.25, -0.2) is 0 Å². The minimum Gasteiger partial charge on any atom is -0.506 e. The van der Waals surface area contributed by atoms with E-state index in [1.54, 1.807) is 6.20 Å². The van der Waals surface area contributed by atoms with Crippen molar-refractivity contribution in [3.05, 3.63) is 64.8 Å². The zero-order valence-corrected chi connectivity index (χ0v) is 12.3. The molecule has 2 N–H and O–H groups in total. The Bertz CT molecular complexity index is 758. The number of aromatic hydroxyl groups is 1. The second-order valence-corrected chi connectivity index (χ2v) is 5.37. The van der Waals surface area contributed by atoms with Gasteiger partial charge in [0.15, 0.2) is 0 Å². The summed E-state index contributed by atoms with van der Waals surface area (Å²) in [6, 6.07) is 15.6. The van der Waals surface area contributed by atoms with Gasteiger partial charge < -0.3 is 10.4 Å². The monoisotopic (exact) mass is 328 g/mol. The fraction of sp³-hybridized carbons (Fsp3) is 0.0625. The molecule has 0 aliphatic heterocycles. The van der Waals surface area contributed by atoms with Crippen molar-refractivity contribution < 1.29 is 5.11 Å². The Morgan fingerprint density at radius 3 is 2.85 bits per heavy atom. The molecule has 0 spiro atoms. The van der Waals surface area contributed by atoms with Crippen molar-refractivity contribution in [2.24, 2.45) is 0 Å². The quantitative estimate of drug-likeness (QED) is 0.752. The van der Waals surface area contributed by atoms with E-state index >= 15 is 0 Å². The van der Waals surface area contributed by atoms with E-state index in [1.165, 1.54) is 0 Å². The van der Waals surface area contributed by atoms with Gasteiger partial charge in [-0.3, -0.25) is 4.98 Å². The third-order valence-electron chi connectivity index (χ3n) is 3.14. The van der Waals surface area contributed by atoms with Gasteiger partial charge in [0.25, 0.3) is 0 Å². The number of halogens is 1. The highest BCUT2D eigenvalue weighted by Gasteiger charge is 2.04. The Balaban J connectivity index is 1.81. The van der Waals surface area contributed by atoms with Gasteiger partial charge in [0.05, 0.1) is 21.9 Å². The van der Waals surface area contributed by atoms with Crippen molar-refractivity contribution in [2.45, 2.75) is 6.54 Å². The lowest BCUT2D eigenvalue weighted by Crippen LogP contribution is -2.00. The first kappa shape index (κ1) is 12.9. The molecule has 0 saturated carbocycles. The Hall–Kier alpha value is -2.07. The molecule has 0 fully saturated rings. The number of rotatable bonds is 3. The van der Waals surface area contributed by atoms with Gasteiger partial charge in [-0.05, 0) is 34.1 Å². The lowest BCUT2D eigenvalue weighted by molar-refractivity contribution is 0.465. The summed E-state index contributed by atoms with van der Waals surface area (Å²) in [6.07, 6.45) is 1.80. The van der Waals surface area contributed by atoms with Crippen LogP contribution in [-0.2, 0) is 6.54 Å². The number of nitrogens with one attached hydrogen (secondary N) is 1. The van der Waals surface area contributed by atoms with Crippen molar-refractivity contribution in [1.29, 1.82) is 0 Å². The lowest BCUT2D eigenvalue weighted by Gasteiger charge is -2.09. The maximum Gasteiger partial charge on any atom is 0.134 e. The van der Waals surface area contributed by atoms with E-state index < -0.39 is 0 Å². The van der Waals surface area contributed by atoms with Crippen molar-refractivity contribution >= 4 is 32.5 Å². The molecule has 100 valence electrons. The summed E-state index contributed by atoms with van der Waals surface area (Å²) in [5.74, 6) is 0.272. The molecule has 0 aliphatic carbocycles. The lowest BCUT2D eigenvalue weighted by atomic mass is 10.2. The topological polar surface area (TPSA) is 45.1 Å². The summed E-state index contributed by atoms with van der Waals surface area (Å²) in [5, 5.41) is 14.3. The molecule has 0 atom stereocenters. The number of nitrogens with zero attached hydrogens (tertiary/aromatic N) is 1. The highest BCUT2D eigenvalue weighted by Crippen LogP contribution is 2.28. The number of benzene rings is 2. The molecule has 2 aromatic carbocycles. The van der Waals surface area contributed by atoms with E-state index in [-0.39, 0.29) is 5.75 Å². The van der Waals surface area contributed by atoms with Crippen LogP contribution in [-0.4, -0.2) is 10.1 Å². The molecule has 0 unspecified atom stereocenters. The summed E-state index contributed by atoms with van der Waals surface area (Å²) in [7, 11) is 0. The predicted octanol–water partition coefficient (Wildman–Crippen LogP) is 4.32. The van der Waals surface area contributed by atoms with Gasteiger partial charge in [-0.15, -0.1) is 0 Å². The molecule has 0 amide bonds. The largest absolute Gasteiger partial charge is 0.506 e. The molecule has 0 radical (unpaired) electrons. The van der Waals surface area contributed by atoms with Crippen LogP contribution < -0.4 is 5.32 Å². The van der Waals surface area contributed by atoms with Crippen LogP contribution in [0.1, 0.15) is 5.56 Å². The van der Waals surface area contributed by atoms with Crippen LogP contribution in [0.2, 0.25) is 0 Å². The number of hydrogen-bond donors (Lipinski definition) is 2. The summed E-state index contributed by atoms with van der Waals surface area (Å²) in [6.45, 7) is 0.547. The van der Waals surface area contributed by atoms with E-state index in [9.17, 15) is 5.11 Å². The average Bonchev–Trinajstić information content (AvgIpc) is 2.48. The van der Waals surface area contributed by atoms with E-state index in [2.05, 4.69) is 32.3 Å². The number of phenolic OH excluding ortho intramolecular Hbond substituents is 1. The summed E-state index contributed by atoms with van der Waals surface area (Å²) >= 11 is 3.31. The number of hydrogen-bond acceptors (Lipinski definition) is 3. The molecule has 4 heteroatoms. The number of phenols is 1. The van der Waals surface area contributed by atoms with Crippen molar-refractivity contribution in [3.63, 3.8) is 0 Å². The van der Waals surface area contributed by atoms with Gasteiger partial charge in [-0.2, -0.15) is 0 Å². The van der Waals surface area contributed by atoms with E-state index in [0.29, 0.717) is 11.0 Å². The zero-order chi connectivity index (χ0) is 13.9. The van der Waals surface area contributed by atoms with Crippen LogP contribution in [0.15, 0.2) is 59.2 Å². The first-order valence-electron chi connectivity index (χ1n) is 6.29. The van der Waals surface area contributed by atoms with Crippen LogP contribution in [0.5, 0.6) is 5.75 Å². The second-order valence-electron chi connectivity index (χ2n) is 4.52. The molecule has 1 aromatic heterocycles. The Morgan fingerprint density at radius 1 is 1.10 bits per heavy atom. The van der Waals surface area contributed by atoms with Crippen molar-refractivity contribution in [3.8, 4) is 5.75 Å². The summed E-state index contributed by atoms with van der Waals surface area (Å²) < 4.78 is 0.702. The fourth-order valence-electron chi connectivity index (χ4n) is 2.07. The van der Waals surface area contributed by atoms with Crippen LogP contribution in [0.3, 0.4) is 0 Å². The molecule has 3 aromatic rings. The van der Waals surface area contributed by atoms with Crippen LogP contribution in [0.4, 0.5) is 5.69 Å². The van der Waals surface area contributed by atoms with Crippen LogP contribution in [0.25, 0.3) is 10.9 Å². The average molecular weight is 329 g/mol. The number of aromatic nitrogens is 1. The molecule has 0 aliphatic rings. The maximum absolute atomic E-state index is 9.94. The molecular formula is C16H13BrN2O. The van der Waals surface area contributed by atoms with Crippen LogP contribution in [0, 0.1) is 0 Å². The second kappa shape index (κ2) is 5.51. The SMILES string of the molecule is Oc1c(Br)cccc1CNc1cnc2ccccc2c1. The number of para-hydroxylation sites is 2. The molecule has 0 saturated heterocycles. The number of fused-ring (bicyclic) bond motifs is 1. The fourth-order valence-corrected chi connectivity index (χ4v) is 2.47. The van der Waals surface area contributed by atoms with Gasteiger partial charge >= 0.3 is 0 Å². The normalized spacial score (nSPS) is 10.7. The molecule has 3 nitrogen and oxygen atoms in total. The molecule has 0 bridgehead atoms. The highest BCUT2D eigenvalue weighted by atomic mass is 79.9. The third kappa shape index (κ3) is 2.60. The highest BCUT2D eigenvalue weighted by molar-refractivity contribution is 9.10. The Labute approximate surface area is 125 Å². The number of anilines is 1. The van der Waals surface area contributed by atoms with Crippen LogP contribution >= 0.6 is 15.9 Å². The summed E-state index contributed by atoms with van der Waals surface area (Å²) in [5.41, 5.74) is 2.75. The van der Waals surface area contributed by atoms with Crippen molar-refractivity contribution in [1.82, 2.24) is 4.98 Å². The summed E-state index contributed by atoms with van der Waals surface area (Å²) in [4.78, 5) is 4.40.